The van der Waals surface area contributed by atoms with Gasteiger partial charge in [0.15, 0.2) is 11.6 Å². The average Bonchev–Trinajstić information content (AvgIpc) is 3.21. The topological polar surface area (TPSA) is 113 Å². The first-order chi connectivity index (χ1) is 14.3. The average molecular weight is 386 g/mol. The van der Waals surface area contributed by atoms with E-state index in [2.05, 4.69) is 41.7 Å². The van der Waals surface area contributed by atoms with Gasteiger partial charge in [-0.25, -0.2) is 4.63 Å². The predicted octanol–water partition coefficient (Wildman–Crippen LogP) is 3.87. The molecule has 9 heteroatoms. The van der Waals surface area contributed by atoms with Crippen molar-refractivity contribution in [2.45, 2.75) is 6.92 Å². The Labute approximate surface area is 166 Å². The molecule has 0 saturated heterocycles. The Kier molecular flexibility index (Phi) is 5.38. The summed E-state index contributed by atoms with van der Waals surface area (Å²) in [6.45, 7) is 2.03. The van der Waals surface area contributed by atoms with Crippen LogP contribution in [-0.2, 0) is 0 Å². The van der Waals surface area contributed by atoms with Gasteiger partial charge in [-0.1, -0.05) is 54.1 Å². The van der Waals surface area contributed by atoms with Gasteiger partial charge < -0.3 is 0 Å². The number of aromatic nitrogens is 4. The number of nitrogens with zero attached hydrogens (tertiary/aromatic N) is 5. The molecular formula is C20H18N8O. The van der Waals surface area contributed by atoms with Crippen LogP contribution in [0.4, 0.5) is 17.3 Å². The summed E-state index contributed by atoms with van der Waals surface area (Å²) >= 11 is 0. The summed E-state index contributed by atoms with van der Waals surface area (Å²) < 4.78 is 4.69. The molecule has 2 aromatic heterocycles. The quantitative estimate of drug-likeness (QED) is 0.324. The zero-order chi connectivity index (χ0) is 19.9. The van der Waals surface area contributed by atoms with Gasteiger partial charge in [-0.15, -0.1) is 0 Å². The van der Waals surface area contributed by atoms with Crippen molar-refractivity contribution in [2.75, 3.05) is 16.3 Å². The molecular weight excluding hydrogens is 368 g/mol. The fraction of sp³-hybridized carbons (Fsp3) is 0.0500. The summed E-state index contributed by atoms with van der Waals surface area (Å²) in [5, 5.41) is 11.6. The molecule has 0 radical (unpaired) electrons. The second-order valence-electron chi connectivity index (χ2n) is 6.11. The number of allylic oxidation sites excluding steroid dienone is 1. The molecule has 0 fully saturated rings. The van der Waals surface area contributed by atoms with Gasteiger partial charge >= 0.3 is 0 Å². The molecule has 144 valence electrons. The number of hydrogen-bond acceptors (Lipinski definition) is 9. The van der Waals surface area contributed by atoms with Crippen LogP contribution < -0.4 is 16.3 Å². The number of rotatable bonds is 7. The van der Waals surface area contributed by atoms with Crippen molar-refractivity contribution in [3.63, 3.8) is 0 Å². The minimum absolute atomic E-state index is 0.281. The summed E-state index contributed by atoms with van der Waals surface area (Å²) in [7, 11) is 0. The molecule has 0 amide bonds. The van der Waals surface area contributed by atoms with Crippen molar-refractivity contribution in [1.82, 2.24) is 20.3 Å². The predicted molar refractivity (Wildman–Crippen MR) is 113 cm³/mol. The Morgan fingerprint density at radius 1 is 0.862 bits per heavy atom. The van der Waals surface area contributed by atoms with Crippen LogP contribution in [0.2, 0.25) is 0 Å². The monoisotopic (exact) mass is 386 g/mol. The number of anilines is 3. The Hall–Kier alpha value is -4.27. The minimum atomic E-state index is 0.281. The van der Waals surface area contributed by atoms with E-state index in [0.717, 1.165) is 11.3 Å². The van der Waals surface area contributed by atoms with E-state index in [1.165, 1.54) is 5.56 Å². The zero-order valence-electron chi connectivity index (χ0n) is 15.6. The molecule has 0 atom stereocenters. The standard InChI is InChI=1S/C20H18N8O/c1-14-9-11-16(12-10-14)24-26-18-17(22-19-20(23-18)28-29-27-19)25-21-13-5-8-15-6-3-2-4-7-15/h2-13,24H,1H3,(H,22,25,27)(H,23,26,28)/b8-5+,21-13+. The number of hydrazine groups is 1. The number of nitrogens with one attached hydrogen (secondary N) is 3. The Balaban J connectivity index is 1.48. The molecule has 2 aromatic carbocycles. The smallest absolute Gasteiger partial charge is 0.245 e. The van der Waals surface area contributed by atoms with Crippen molar-refractivity contribution in [3.8, 4) is 0 Å². The Morgan fingerprint density at radius 2 is 1.59 bits per heavy atom. The van der Waals surface area contributed by atoms with E-state index < -0.39 is 0 Å². The molecule has 0 bridgehead atoms. The van der Waals surface area contributed by atoms with E-state index in [0.29, 0.717) is 11.6 Å². The normalized spacial score (nSPS) is 11.3. The fourth-order valence-corrected chi connectivity index (χ4v) is 2.43. The Morgan fingerprint density at radius 3 is 2.34 bits per heavy atom. The van der Waals surface area contributed by atoms with Crippen molar-refractivity contribution < 1.29 is 4.63 Å². The van der Waals surface area contributed by atoms with Gasteiger partial charge in [0.2, 0.25) is 11.3 Å². The molecule has 3 N–H and O–H groups in total. The van der Waals surface area contributed by atoms with E-state index in [1.807, 2.05) is 73.7 Å². The van der Waals surface area contributed by atoms with Crippen molar-refractivity contribution in [3.05, 3.63) is 71.8 Å². The summed E-state index contributed by atoms with van der Waals surface area (Å²) in [4.78, 5) is 8.69. The highest BCUT2D eigenvalue weighted by atomic mass is 16.6. The van der Waals surface area contributed by atoms with Gasteiger partial charge in [0.1, 0.15) is 0 Å². The van der Waals surface area contributed by atoms with Gasteiger partial charge in [0, 0.05) is 6.21 Å². The third-order valence-corrected chi connectivity index (χ3v) is 3.91. The second-order valence-corrected chi connectivity index (χ2v) is 6.11. The number of benzene rings is 2. The van der Waals surface area contributed by atoms with Crippen molar-refractivity contribution in [1.29, 1.82) is 0 Å². The molecule has 9 nitrogen and oxygen atoms in total. The third-order valence-electron chi connectivity index (χ3n) is 3.91. The second kappa shape index (κ2) is 8.61. The van der Waals surface area contributed by atoms with E-state index in [9.17, 15) is 0 Å². The molecule has 0 saturated carbocycles. The van der Waals surface area contributed by atoms with Gasteiger partial charge in [0.25, 0.3) is 0 Å². The molecule has 4 rings (SSSR count). The number of hydrogen-bond donors (Lipinski definition) is 3. The Bertz CT molecular complexity index is 1140. The molecule has 0 aliphatic carbocycles. The number of aryl methyl sites for hydroxylation is 1. The third kappa shape index (κ3) is 4.72. The highest BCUT2D eigenvalue weighted by Gasteiger charge is 2.12. The lowest BCUT2D eigenvalue weighted by Crippen LogP contribution is -2.13. The zero-order valence-corrected chi connectivity index (χ0v) is 15.6. The van der Waals surface area contributed by atoms with Crippen LogP contribution in [0.3, 0.4) is 0 Å². The van der Waals surface area contributed by atoms with Crippen LogP contribution in [-0.4, -0.2) is 26.5 Å². The highest BCUT2D eigenvalue weighted by molar-refractivity contribution is 5.80. The van der Waals surface area contributed by atoms with Crippen LogP contribution in [0.5, 0.6) is 0 Å². The largest absolute Gasteiger partial charge is 0.300 e. The van der Waals surface area contributed by atoms with Gasteiger partial charge in [-0.3, -0.25) is 16.3 Å². The van der Waals surface area contributed by atoms with Crippen LogP contribution in [0.1, 0.15) is 11.1 Å². The highest BCUT2D eigenvalue weighted by Crippen LogP contribution is 2.20. The number of hydrazone groups is 1. The van der Waals surface area contributed by atoms with E-state index >= 15 is 0 Å². The summed E-state index contributed by atoms with van der Waals surface area (Å²) in [6.07, 6.45) is 5.39. The molecule has 4 aromatic rings. The van der Waals surface area contributed by atoms with E-state index in [1.54, 1.807) is 6.21 Å². The lowest BCUT2D eigenvalue weighted by molar-refractivity contribution is 0.314. The maximum Gasteiger partial charge on any atom is 0.245 e. The summed E-state index contributed by atoms with van der Waals surface area (Å²) in [6, 6.07) is 17.8. The lowest BCUT2D eigenvalue weighted by Gasteiger charge is -2.11. The molecule has 0 unspecified atom stereocenters. The SMILES string of the molecule is Cc1ccc(NNc2nc3nonc3nc2N/N=C/C=C/c2ccccc2)cc1. The summed E-state index contributed by atoms with van der Waals surface area (Å²) in [5.74, 6) is 0.773. The maximum atomic E-state index is 4.69. The van der Waals surface area contributed by atoms with Crippen molar-refractivity contribution >= 4 is 40.9 Å². The molecule has 0 aliphatic rings. The first-order valence-corrected chi connectivity index (χ1v) is 8.88. The van der Waals surface area contributed by atoms with Crippen LogP contribution in [0, 0.1) is 6.92 Å². The lowest BCUT2D eigenvalue weighted by atomic mass is 10.2. The van der Waals surface area contributed by atoms with Gasteiger partial charge in [0.05, 0.1) is 5.69 Å². The van der Waals surface area contributed by atoms with E-state index in [4.69, 9.17) is 4.63 Å². The van der Waals surface area contributed by atoms with Crippen LogP contribution in [0.15, 0.2) is 70.4 Å². The molecule has 29 heavy (non-hydrogen) atoms. The first kappa shape index (κ1) is 18.1. The first-order valence-electron chi connectivity index (χ1n) is 8.88. The van der Waals surface area contributed by atoms with Crippen molar-refractivity contribution in [2.24, 2.45) is 5.10 Å². The molecule has 0 aliphatic heterocycles. The number of fused-ring (bicyclic) bond motifs is 1. The van der Waals surface area contributed by atoms with Crippen LogP contribution >= 0.6 is 0 Å². The molecule has 2 heterocycles. The van der Waals surface area contributed by atoms with Gasteiger partial charge in [-0.05, 0) is 41.0 Å². The van der Waals surface area contributed by atoms with Crippen LogP contribution in [0.25, 0.3) is 17.4 Å². The van der Waals surface area contributed by atoms with Gasteiger partial charge in [-0.2, -0.15) is 15.1 Å². The molecule has 0 spiro atoms. The summed E-state index contributed by atoms with van der Waals surface area (Å²) in [5.41, 5.74) is 12.6. The fourth-order valence-electron chi connectivity index (χ4n) is 2.43. The minimum Gasteiger partial charge on any atom is -0.300 e. The maximum absolute atomic E-state index is 4.69. The van der Waals surface area contributed by atoms with E-state index in [-0.39, 0.29) is 11.3 Å².